The normalized spacial score (nSPS) is 13.3. The van der Waals surface area contributed by atoms with Crippen molar-refractivity contribution >= 4 is 0 Å². The summed E-state index contributed by atoms with van der Waals surface area (Å²) in [6.07, 6.45) is 21.4. The maximum absolute atomic E-state index is 11.4. The first-order valence-corrected chi connectivity index (χ1v) is 10.1. The Kier molecular flexibility index (Phi) is 17.7. The van der Waals surface area contributed by atoms with E-state index in [-0.39, 0.29) is 6.10 Å². The Hall–Kier alpha value is -0.340. The Morgan fingerprint density at radius 3 is 1.74 bits per heavy atom. The number of ether oxygens (including phenoxy) is 1. The van der Waals surface area contributed by atoms with Crippen molar-refractivity contribution in [1.82, 2.24) is 0 Å². The van der Waals surface area contributed by atoms with Crippen molar-refractivity contribution in [2.45, 2.75) is 123 Å². The van der Waals surface area contributed by atoms with Gasteiger partial charge in [-0.3, -0.25) is 0 Å². The predicted octanol–water partition coefficient (Wildman–Crippen LogP) is 7.21. The first-order valence-electron chi connectivity index (χ1n) is 10.1. The summed E-state index contributed by atoms with van der Waals surface area (Å²) >= 11 is 0. The van der Waals surface area contributed by atoms with Crippen LogP contribution >= 0.6 is 0 Å². The van der Waals surface area contributed by atoms with Gasteiger partial charge in [0.25, 0.3) is 0 Å². The van der Waals surface area contributed by atoms with Gasteiger partial charge in [0.2, 0.25) is 0 Å². The van der Waals surface area contributed by atoms with Crippen molar-refractivity contribution in [2.75, 3.05) is 0 Å². The molecule has 0 aliphatic heterocycles. The van der Waals surface area contributed by atoms with Gasteiger partial charge in [-0.1, -0.05) is 70.4 Å². The van der Waals surface area contributed by atoms with E-state index in [1.807, 2.05) is 13.8 Å². The van der Waals surface area contributed by atoms with E-state index < -0.39 is 6.29 Å². The van der Waals surface area contributed by atoms with Gasteiger partial charge in [-0.15, -0.1) is 0 Å². The molecule has 0 aliphatic rings. The highest BCUT2D eigenvalue weighted by atomic mass is 16.6. The Balaban J connectivity index is 3.16. The van der Waals surface area contributed by atoms with Crippen LogP contribution in [-0.2, 0) is 9.84 Å². The van der Waals surface area contributed by atoms with Gasteiger partial charge in [0.1, 0.15) is 0 Å². The fourth-order valence-electron chi connectivity index (χ4n) is 2.75. The smallest absolute Gasteiger partial charge is 0.191 e. The molecular weight excluding hydrogens is 284 g/mol. The van der Waals surface area contributed by atoms with Crippen LogP contribution in [0.15, 0.2) is 12.2 Å². The van der Waals surface area contributed by atoms with Crippen molar-refractivity contribution in [3.8, 4) is 0 Å². The number of rotatable bonds is 17. The van der Waals surface area contributed by atoms with Gasteiger partial charge in [0.05, 0.1) is 6.10 Å². The minimum Gasteiger partial charge on any atom is -0.347 e. The predicted molar refractivity (Wildman–Crippen MR) is 100 cm³/mol. The lowest BCUT2D eigenvalue weighted by Gasteiger charge is -2.12. The van der Waals surface area contributed by atoms with Gasteiger partial charge in [0, 0.05) is 6.42 Å². The van der Waals surface area contributed by atoms with Gasteiger partial charge in [-0.05, 0) is 46.0 Å². The molecule has 0 aromatic rings. The van der Waals surface area contributed by atoms with Crippen LogP contribution in [0.2, 0.25) is 0 Å². The van der Waals surface area contributed by atoms with Crippen LogP contribution in [0.1, 0.15) is 111 Å². The second-order valence-corrected chi connectivity index (χ2v) is 6.99. The maximum atomic E-state index is 11.4. The molecule has 0 aromatic heterocycles. The van der Waals surface area contributed by atoms with Gasteiger partial charge in [-0.2, -0.15) is 0 Å². The van der Waals surface area contributed by atoms with Gasteiger partial charge >= 0.3 is 0 Å². The molecule has 0 heterocycles. The Morgan fingerprint density at radius 2 is 1.22 bits per heavy atom. The van der Waals surface area contributed by atoms with Crippen LogP contribution < -0.4 is 0 Å². The van der Waals surface area contributed by atoms with Crippen LogP contribution in [0.4, 0.5) is 0 Å². The highest BCUT2D eigenvalue weighted by Crippen LogP contribution is 2.11. The summed E-state index contributed by atoms with van der Waals surface area (Å²) in [6, 6.07) is 0. The second kappa shape index (κ2) is 18.0. The maximum Gasteiger partial charge on any atom is 0.191 e. The zero-order chi connectivity index (χ0) is 17.2. The molecule has 2 nitrogen and oxygen atoms in total. The molecule has 0 N–H and O–H groups in total. The molecule has 2 heteroatoms. The number of allylic oxidation sites excluding steroid dienone is 2. The van der Waals surface area contributed by atoms with Crippen LogP contribution in [0, 0.1) is 0 Å². The molecular formula is C21H41O2. The van der Waals surface area contributed by atoms with E-state index in [0.717, 1.165) is 6.42 Å². The summed E-state index contributed by atoms with van der Waals surface area (Å²) in [4.78, 5) is 0. The van der Waals surface area contributed by atoms with Crippen molar-refractivity contribution < 1.29 is 9.84 Å². The fraction of sp³-hybridized carbons (Fsp3) is 0.905. The average molecular weight is 326 g/mol. The fourth-order valence-corrected chi connectivity index (χ4v) is 2.75. The van der Waals surface area contributed by atoms with Gasteiger partial charge in [0.15, 0.2) is 6.29 Å². The summed E-state index contributed by atoms with van der Waals surface area (Å²) in [5.74, 6) is 0. The molecule has 1 unspecified atom stereocenters. The molecule has 1 atom stereocenters. The highest BCUT2D eigenvalue weighted by Gasteiger charge is 2.07. The molecule has 0 rings (SSSR count). The molecule has 0 saturated carbocycles. The zero-order valence-corrected chi connectivity index (χ0v) is 16.0. The van der Waals surface area contributed by atoms with Crippen molar-refractivity contribution in [3.63, 3.8) is 0 Å². The Labute approximate surface area is 145 Å². The van der Waals surface area contributed by atoms with Crippen LogP contribution in [0.5, 0.6) is 0 Å². The third kappa shape index (κ3) is 19.6. The summed E-state index contributed by atoms with van der Waals surface area (Å²) in [7, 11) is 0. The molecule has 23 heavy (non-hydrogen) atoms. The monoisotopic (exact) mass is 325 g/mol. The van der Waals surface area contributed by atoms with Gasteiger partial charge < -0.3 is 4.74 Å². The number of hydrogen-bond acceptors (Lipinski definition) is 1. The van der Waals surface area contributed by atoms with E-state index in [9.17, 15) is 5.11 Å². The minimum atomic E-state index is -0.820. The lowest BCUT2D eigenvalue weighted by molar-refractivity contribution is -0.165. The van der Waals surface area contributed by atoms with Crippen LogP contribution in [0.25, 0.3) is 0 Å². The first kappa shape index (κ1) is 22.7. The standard InChI is InChI=1S/C21H41O2/c1-4-5-6-7-8-9-10-11-12-13-14-15-16-17-18-19-21(22)23-20(2)3/h11-12,20-21H,4-10,13-19H2,1-3H3/b12-11-. The van der Waals surface area contributed by atoms with Crippen LogP contribution in [0.3, 0.4) is 0 Å². The summed E-state index contributed by atoms with van der Waals surface area (Å²) in [6.45, 7) is 6.11. The molecule has 137 valence electrons. The van der Waals surface area contributed by atoms with E-state index in [4.69, 9.17) is 4.74 Å². The van der Waals surface area contributed by atoms with Crippen molar-refractivity contribution in [3.05, 3.63) is 12.2 Å². The lowest BCUT2D eigenvalue weighted by atomic mass is 10.1. The third-order valence-corrected chi connectivity index (χ3v) is 4.13. The van der Waals surface area contributed by atoms with Gasteiger partial charge in [-0.25, -0.2) is 5.11 Å². The van der Waals surface area contributed by atoms with E-state index in [1.165, 1.54) is 77.0 Å². The molecule has 0 aliphatic carbocycles. The van der Waals surface area contributed by atoms with Crippen molar-refractivity contribution in [1.29, 1.82) is 0 Å². The SMILES string of the molecule is CCCCCCCC/C=C\CCCCCCCC([O])OC(C)C. The molecule has 0 aromatic carbocycles. The van der Waals surface area contributed by atoms with Crippen LogP contribution in [-0.4, -0.2) is 12.4 Å². The highest BCUT2D eigenvalue weighted by molar-refractivity contribution is 4.81. The summed E-state index contributed by atoms with van der Waals surface area (Å²) in [5.41, 5.74) is 0. The second-order valence-electron chi connectivity index (χ2n) is 6.99. The molecule has 0 fully saturated rings. The molecule has 0 bridgehead atoms. The van der Waals surface area contributed by atoms with E-state index in [0.29, 0.717) is 6.42 Å². The topological polar surface area (TPSA) is 29.1 Å². The minimum absolute atomic E-state index is 0.0561. The Bertz CT molecular complexity index is 248. The lowest BCUT2D eigenvalue weighted by Crippen LogP contribution is -2.15. The zero-order valence-electron chi connectivity index (χ0n) is 16.0. The van der Waals surface area contributed by atoms with E-state index >= 15 is 0 Å². The van der Waals surface area contributed by atoms with Crippen molar-refractivity contribution in [2.24, 2.45) is 0 Å². The molecule has 0 spiro atoms. The largest absolute Gasteiger partial charge is 0.347 e. The number of hydrogen-bond donors (Lipinski definition) is 0. The third-order valence-electron chi connectivity index (χ3n) is 4.13. The molecule has 1 radical (unpaired) electrons. The van der Waals surface area contributed by atoms with E-state index in [1.54, 1.807) is 0 Å². The Morgan fingerprint density at radius 1 is 0.739 bits per heavy atom. The summed E-state index contributed by atoms with van der Waals surface area (Å²) < 4.78 is 5.20. The number of unbranched alkanes of at least 4 members (excludes halogenated alkanes) is 11. The quantitative estimate of drug-likeness (QED) is 0.158. The summed E-state index contributed by atoms with van der Waals surface area (Å²) in [5, 5.41) is 11.4. The average Bonchev–Trinajstić information content (AvgIpc) is 2.50. The molecule has 0 amide bonds. The van der Waals surface area contributed by atoms with E-state index in [2.05, 4.69) is 19.1 Å². The first-order chi connectivity index (χ1) is 11.2. The molecule has 0 saturated heterocycles.